The highest BCUT2D eigenvalue weighted by molar-refractivity contribution is 9.10. The van der Waals surface area contributed by atoms with Crippen LogP contribution in [0.25, 0.3) is 0 Å². The first-order valence-corrected chi connectivity index (χ1v) is 7.74. The lowest BCUT2D eigenvalue weighted by Crippen LogP contribution is -2.27. The Labute approximate surface area is 119 Å². The summed E-state index contributed by atoms with van der Waals surface area (Å²) in [7, 11) is 0. The van der Waals surface area contributed by atoms with E-state index in [1.165, 1.54) is 31.2 Å². The number of rotatable bonds is 3. The number of pyridine rings is 1. The SMILES string of the molecule is Cc1cc(NC2CCC(C(C)C)CC2)cnc1Br. The monoisotopic (exact) mass is 310 g/mol. The van der Waals surface area contributed by atoms with E-state index in [4.69, 9.17) is 0 Å². The molecular formula is C15H23BrN2. The molecule has 0 radical (unpaired) electrons. The minimum absolute atomic E-state index is 0.627. The molecule has 0 spiro atoms. The summed E-state index contributed by atoms with van der Waals surface area (Å²) in [5, 5.41) is 3.63. The van der Waals surface area contributed by atoms with Crippen LogP contribution in [0.15, 0.2) is 16.9 Å². The fourth-order valence-electron chi connectivity index (χ4n) is 2.80. The van der Waals surface area contributed by atoms with Crippen LogP contribution in [0.4, 0.5) is 5.69 Å². The zero-order chi connectivity index (χ0) is 13.1. The second-order valence-electron chi connectivity index (χ2n) is 5.83. The quantitative estimate of drug-likeness (QED) is 0.813. The van der Waals surface area contributed by atoms with Crippen molar-refractivity contribution in [2.75, 3.05) is 5.32 Å². The lowest BCUT2D eigenvalue weighted by molar-refractivity contribution is 0.267. The number of aryl methyl sites for hydroxylation is 1. The molecule has 1 heterocycles. The van der Waals surface area contributed by atoms with E-state index in [0.717, 1.165) is 22.1 Å². The summed E-state index contributed by atoms with van der Waals surface area (Å²) < 4.78 is 0.941. The smallest absolute Gasteiger partial charge is 0.109 e. The average molecular weight is 311 g/mol. The van der Waals surface area contributed by atoms with Crippen LogP contribution in [-0.2, 0) is 0 Å². The third kappa shape index (κ3) is 3.47. The third-order valence-electron chi connectivity index (χ3n) is 4.10. The molecule has 0 aromatic carbocycles. The van der Waals surface area contributed by atoms with Crippen LogP contribution >= 0.6 is 15.9 Å². The van der Waals surface area contributed by atoms with Gasteiger partial charge >= 0.3 is 0 Å². The minimum atomic E-state index is 0.627. The van der Waals surface area contributed by atoms with Gasteiger partial charge in [0.1, 0.15) is 4.60 Å². The number of nitrogens with zero attached hydrogens (tertiary/aromatic N) is 1. The summed E-state index contributed by atoms with van der Waals surface area (Å²) in [6, 6.07) is 2.80. The van der Waals surface area contributed by atoms with Crippen molar-refractivity contribution in [3.63, 3.8) is 0 Å². The average Bonchev–Trinajstić information content (AvgIpc) is 2.34. The molecule has 0 amide bonds. The maximum Gasteiger partial charge on any atom is 0.109 e. The molecular weight excluding hydrogens is 288 g/mol. The molecule has 1 N–H and O–H groups in total. The third-order valence-corrected chi connectivity index (χ3v) is 4.93. The molecule has 1 saturated carbocycles. The van der Waals surface area contributed by atoms with Gasteiger partial charge in [-0.15, -0.1) is 0 Å². The fraction of sp³-hybridized carbons (Fsp3) is 0.667. The highest BCUT2D eigenvalue weighted by Gasteiger charge is 2.23. The molecule has 1 fully saturated rings. The molecule has 1 aliphatic carbocycles. The van der Waals surface area contributed by atoms with Crippen molar-refractivity contribution in [1.82, 2.24) is 4.98 Å². The summed E-state index contributed by atoms with van der Waals surface area (Å²) in [5.41, 5.74) is 2.35. The van der Waals surface area contributed by atoms with Gasteiger partial charge in [-0.1, -0.05) is 13.8 Å². The van der Waals surface area contributed by atoms with E-state index < -0.39 is 0 Å². The van der Waals surface area contributed by atoms with Crippen LogP contribution in [0.5, 0.6) is 0 Å². The van der Waals surface area contributed by atoms with E-state index in [-0.39, 0.29) is 0 Å². The molecule has 2 rings (SSSR count). The fourth-order valence-corrected chi connectivity index (χ4v) is 3.02. The second kappa shape index (κ2) is 6.05. The summed E-state index contributed by atoms with van der Waals surface area (Å²) in [6.45, 7) is 6.78. The molecule has 1 aromatic heterocycles. The standard InChI is InChI=1S/C15H23BrN2/c1-10(2)12-4-6-13(7-5-12)18-14-8-11(3)15(16)17-9-14/h8-10,12-13,18H,4-7H2,1-3H3. The summed E-state index contributed by atoms with van der Waals surface area (Å²) in [4.78, 5) is 4.34. The van der Waals surface area contributed by atoms with Crippen LogP contribution in [0.1, 0.15) is 45.1 Å². The molecule has 0 atom stereocenters. The van der Waals surface area contributed by atoms with Crippen molar-refractivity contribution in [2.24, 2.45) is 11.8 Å². The Morgan fingerprint density at radius 2 is 1.94 bits per heavy atom. The Bertz CT molecular complexity index is 395. The maximum absolute atomic E-state index is 4.34. The summed E-state index contributed by atoms with van der Waals surface area (Å²) in [5.74, 6) is 1.76. The highest BCUT2D eigenvalue weighted by atomic mass is 79.9. The predicted molar refractivity (Wildman–Crippen MR) is 80.9 cm³/mol. The molecule has 1 aromatic rings. The lowest BCUT2D eigenvalue weighted by Gasteiger charge is -2.31. The van der Waals surface area contributed by atoms with Crippen LogP contribution in [-0.4, -0.2) is 11.0 Å². The van der Waals surface area contributed by atoms with E-state index >= 15 is 0 Å². The number of nitrogens with one attached hydrogen (secondary N) is 1. The van der Waals surface area contributed by atoms with Crippen LogP contribution in [0, 0.1) is 18.8 Å². The topological polar surface area (TPSA) is 24.9 Å². The summed E-state index contributed by atoms with van der Waals surface area (Å²) in [6.07, 6.45) is 7.22. The number of aromatic nitrogens is 1. The van der Waals surface area contributed by atoms with E-state index in [2.05, 4.69) is 53.1 Å². The summed E-state index contributed by atoms with van der Waals surface area (Å²) >= 11 is 3.44. The molecule has 100 valence electrons. The second-order valence-corrected chi connectivity index (χ2v) is 6.58. The van der Waals surface area contributed by atoms with E-state index in [1.54, 1.807) is 0 Å². The van der Waals surface area contributed by atoms with E-state index in [0.29, 0.717) is 6.04 Å². The minimum Gasteiger partial charge on any atom is -0.381 e. The molecule has 1 aliphatic rings. The zero-order valence-electron chi connectivity index (χ0n) is 11.5. The first-order chi connectivity index (χ1) is 8.56. The van der Waals surface area contributed by atoms with Gasteiger partial charge in [0, 0.05) is 6.04 Å². The Kier molecular flexibility index (Phi) is 4.66. The van der Waals surface area contributed by atoms with Crippen LogP contribution in [0.3, 0.4) is 0 Å². The van der Waals surface area contributed by atoms with Crippen molar-refractivity contribution < 1.29 is 0 Å². The van der Waals surface area contributed by atoms with Gasteiger partial charge < -0.3 is 5.32 Å². The zero-order valence-corrected chi connectivity index (χ0v) is 13.1. The number of hydrogen-bond acceptors (Lipinski definition) is 2. The van der Waals surface area contributed by atoms with Crippen LogP contribution in [0.2, 0.25) is 0 Å². The predicted octanol–water partition coefficient (Wildman–Crippen LogP) is 4.78. The molecule has 3 heteroatoms. The van der Waals surface area contributed by atoms with Crippen molar-refractivity contribution in [1.29, 1.82) is 0 Å². The number of hydrogen-bond donors (Lipinski definition) is 1. The highest BCUT2D eigenvalue weighted by Crippen LogP contribution is 2.31. The Hall–Kier alpha value is -0.570. The molecule has 0 bridgehead atoms. The Morgan fingerprint density at radius 1 is 1.28 bits per heavy atom. The van der Waals surface area contributed by atoms with Crippen molar-refractivity contribution >= 4 is 21.6 Å². The maximum atomic E-state index is 4.34. The largest absolute Gasteiger partial charge is 0.381 e. The van der Waals surface area contributed by atoms with Gasteiger partial charge in [-0.05, 0) is 72.0 Å². The van der Waals surface area contributed by atoms with Gasteiger partial charge in [-0.3, -0.25) is 0 Å². The molecule has 2 nitrogen and oxygen atoms in total. The Balaban J connectivity index is 1.89. The van der Waals surface area contributed by atoms with Crippen molar-refractivity contribution in [2.45, 2.75) is 52.5 Å². The van der Waals surface area contributed by atoms with Crippen molar-refractivity contribution in [3.8, 4) is 0 Å². The van der Waals surface area contributed by atoms with Gasteiger partial charge in [-0.2, -0.15) is 0 Å². The first kappa shape index (κ1) is 13.9. The van der Waals surface area contributed by atoms with Gasteiger partial charge in [-0.25, -0.2) is 4.98 Å². The number of halogens is 1. The first-order valence-electron chi connectivity index (χ1n) is 6.95. The van der Waals surface area contributed by atoms with E-state index in [1.807, 2.05) is 6.20 Å². The van der Waals surface area contributed by atoms with Gasteiger partial charge in [0.25, 0.3) is 0 Å². The molecule has 0 saturated heterocycles. The van der Waals surface area contributed by atoms with Gasteiger partial charge in [0.2, 0.25) is 0 Å². The molecule has 0 unspecified atom stereocenters. The van der Waals surface area contributed by atoms with Gasteiger partial charge in [0.15, 0.2) is 0 Å². The van der Waals surface area contributed by atoms with Crippen molar-refractivity contribution in [3.05, 3.63) is 22.4 Å². The molecule has 0 aliphatic heterocycles. The lowest BCUT2D eigenvalue weighted by atomic mass is 9.79. The Morgan fingerprint density at radius 3 is 2.50 bits per heavy atom. The van der Waals surface area contributed by atoms with Gasteiger partial charge in [0.05, 0.1) is 11.9 Å². The molecule has 18 heavy (non-hydrogen) atoms. The van der Waals surface area contributed by atoms with E-state index in [9.17, 15) is 0 Å². The van der Waals surface area contributed by atoms with Crippen LogP contribution < -0.4 is 5.32 Å². The number of anilines is 1. The normalized spacial score (nSPS) is 24.3.